The molecule has 0 fully saturated rings. The Morgan fingerprint density at radius 1 is 1.18 bits per heavy atom. The number of hydrogen-bond acceptors (Lipinski definition) is 8. The minimum Gasteiger partial charge on any atom is -0.480 e. The Morgan fingerprint density at radius 3 is 2.80 bits per heavy atom. The van der Waals surface area contributed by atoms with E-state index in [0.717, 1.165) is 75.2 Å². The van der Waals surface area contributed by atoms with Crippen molar-refractivity contribution >= 4 is 28.5 Å². The average Bonchev–Trinajstić information content (AvgIpc) is 2.94. The maximum absolute atomic E-state index is 13.1. The number of pyridine rings is 1. The average molecular weight is 561 g/mol. The Hall–Kier alpha value is -3.51. The fourth-order valence-corrected chi connectivity index (χ4v) is 4.79. The van der Waals surface area contributed by atoms with E-state index in [1.165, 1.54) is 11.6 Å². The molecule has 12 heteroatoms. The van der Waals surface area contributed by atoms with Gasteiger partial charge in [-0.05, 0) is 74.9 Å². The van der Waals surface area contributed by atoms with E-state index in [1.807, 2.05) is 0 Å². The number of nitrogens with zero attached hydrogens (tertiary/aromatic N) is 4. The topological polar surface area (TPSA) is 113 Å². The molecule has 0 unspecified atom stereocenters. The van der Waals surface area contributed by atoms with Crippen molar-refractivity contribution in [3.8, 4) is 0 Å². The van der Waals surface area contributed by atoms with Crippen molar-refractivity contribution in [3.05, 3.63) is 53.5 Å². The number of carboxylic acid groups (broad SMARTS) is 1. The molecule has 0 spiro atoms. The molecule has 4 rings (SSSR count). The van der Waals surface area contributed by atoms with Crippen LogP contribution in [0.1, 0.15) is 42.5 Å². The van der Waals surface area contributed by atoms with E-state index in [9.17, 15) is 23.1 Å². The Labute approximate surface area is 231 Å². The fourth-order valence-electron chi connectivity index (χ4n) is 4.79. The number of halogens is 3. The van der Waals surface area contributed by atoms with Crippen LogP contribution in [0.4, 0.5) is 24.8 Å². The number of anilines is 2. The third kappa shape index (κ3) is 8.01. The molecular weight excluding hydrogens is 525 g/mol. The van der Waals surface area contributed by atoms with Crippen LogP contribution in [0.3, 0.4) is 0 Å². The van der Waals surface area contributed by atoms with Gasteiger partial charge in [-0.15, -0.1) is 0 Å². The molecule has 1 aliphatic rings. The van der Waals surface area contributed by atoms with Crippen molar-refractivity contribution in [1.82, 2.24) is 19.9 Å². The van der Waals surface area contributed by atoms with E-state index in [-0.39, 0.29) is 17.8 Å². The van der Waals surface area contributed by atoms with Crippen molar-refractivity contribution < 1.29 is 27.8 Å². The van der Waals surface area contributed by atoms with E-state index in [4.69, 9.17) is 9.72 Å². The third-order valence-corrected chi connectivity index (χ3v) is 7.03. The van der Waals surface area contributed by atoms with Crippen LogP contribution < -0.4 is 10.6 Å². The van der Waals surface area contributed by atoms with Crippen LogP contribution in [0.2, 0.25) is 0 Å². The first-order valence-corrected chi connectivity index (χ1v) is 13.5. The minimum atomic E-state index is -4.50. The van der Waals surface area contributed by atoms with Crippen molar-refractivity contribution in [2.75, 3.05) is 50.5 Å². The lowest BCUT2D eigenvalue weighted by Crippen LogP contribution is -2.37. The number of fused-ring (bicyclic) bond motifs is 2. The van der Waals surface area contributed by atoms with Gasteiger partial charge in [-0.2, -0.15) is 13.2 Å². The molecule has 3 aromatic rings. The first-order valence-electron chi connectivity index (χ1n) is 13.5. The highest BCUT2D eigenvalue weighted by Gasteiger charge is 2.31. The first-order chi connectivity index (χ1) is 19.2. The van der Waals surface area contributed by atoms with Gasteiger partial charge in [0.15, 0.2) is 0 Å². The number of carboxylic acids is 1. The molecule has 216 valence electrons. The lowest BCUT2D eigenvalue weighted by molar-refractivity contribution is -0.138. The molecule has 1 aromatic carbocycles. The van der Waals surface area contributed by atoms with Gasteiger partial charge in [-0.3, -0.25) is 0 Å². The normalized spacial score (nSPS) is 14.1. The molecule has 0 saturated carbocycles. The number of aliphatic carboxylic acids is 1. The maximum atomic E-state index is 13.1. The smallest absolute Gasteiger partial charge is 0.416 e. The number of aryl methyl sites for hydroxylation is 2. The molecule has 0 amide bonds. The molecule has 1 atom stereocenters. The Kier molecular flexibility index (Phi) is 10.1. The lowest BCUT2D eigenvalue weighted by Gasteiger charge is -2.24. The van der Waals surface area contributed by atoms with Crippen molar-refractivity contribution in [3.63, 3.8) is 0 Å². The van der Waals surface area contributed by atoms with Crippen molar-refractivity contribution in [2.45, 2.75) is 50.7 Å². The molecule has 1 aliphatic heterocycles. The maximum Gasteiger partial charge on any atom is 0.416 e. The standard InChI is InChI=1S/C28H35F3N6O3/c1-40-16-15-37(13-3-2-6-21-9-7-19-5-4-12-32-25(19)35-21)14-11-23(27(38)39)36-26-22-10-8-20(28(29,30)31)17-24(22)33-18-34-26/h7-10,17-18,23H,2-6,11-16H2,1H3,(H,32,35)(H,38,39)(H,33,34,36)/t23-/m0/s1. The van der Waals surface area contributed by atoms with Crippen molar-refractivity contribution in [2.24, 2.45) is 0 Å². The molecule has 3 heterocycles. The minimum absolute atomic E-state index is 0.0855. The summed E-state index contributed by atoms with van der Waals surface area (Å²) in [4.78, 5) is 27.0. The zero-order valence-corrected chi connectivity index (χ0v) is 22.5. The predicted octanol–water partition coefficient (Wildman–Crippen LogP) is 4.63. The molecule has 40 heavy (non-hydrogen) atoms. The van der Waals surface area contributed by atoms with E-state index < -0.39 is 23.8 Å². The number of alkyl halides is 3. The number of carbonyl (C=O) groups is 1. The molecule has 0 saturated heterocycles. The van der Waals surface area contributed by atoms with Gasteiger partial charge < -0.3 is 25.4 Å². The monoisotopic (exact) mass is 560 g/mol. The van der Waals surface area contributed by atoms with Crippen LogP contribution in [0, 0.1) is 0 Å². The van der Waals surface area contributed by atoms with E-state index in [0.29, 0.717) is 25.1 Å². The Balaban J connectivity index is 1.33. The number of unbranched alkanes of at least 4 members (excludes halogenated alkanes) is 1. The van der Waals surface area contributed by atoms with Crippen LogP contribution >= 0.6 is 0 Å². The summed E-state index contributed by atoms with van der Waals surface area (Å²) in [6, 6.07) is 6.40. The first kappa shape index (κ1) is 29.5. The van der Waals surface area contributed by atoms with Crippen LogP contribution in [0.25, 0.3) is 10.9 Å². The summed E-state index contributed by atoms with van der Waals surface area (Å²) in [6.07, 6.45) is 1.80. The zero-order valence-electron chi connectivity index (χ0n) is 22.5. The number of rotatable bonds is 14. The number of hydrogen-bond donors (Lipinski definition) is 3. The van der Waals surface area contributed by atoms with Crippen molar-refractivity contribution in [1.29, 1.82) is 0 Å². The van der Waals surface area contributed by atoms with Gasteiger partial charge in [0.1, 0.15) is 24.0 Å². The van der Waals surface area contributed by atoms with Gasteiger partial charge >= 0.3 is 12.1 Å². The summed E-state index contributed by atoms with van der Waals surface area (Å²) < 4.78 is 44.5. The summed E-state index contributed by atoms with van der Waals surface area (Å²) in [5.74, 6) is 0.106. The van der Waals surface area contributed by atoms with Gasteiger partial charge in [0.05, 0.1) is 17.7 Å². The second-order valence-corrected chi connectivity index (χ2v) is 9.91. The van der Waals surface area contributed by atoms with Gasteiger partial charge in [-0.1, -0.05) is 6.07 Å². The predicted molar refractivity (Wildman–Crippen MR) is 147 cm³/mol. The number of nitrogens with one attached hydrogen (secondary N) is 2. The molecule has 0 aliphatic carbocycles. The number of aromatic nitrogens is 3. The summed E-state index contributed by atoms with van der Waals surface area (Å²) in [5, 5.41) is 16.5. The van der Waals surface area contributed by atoms with Crippen LogP contribution in [0.5, 0.6) is 0 Å². The Bertz CT molecular complexity index is 1290. The lowest BCUT2D eigenvalue weighted by atomic mass is 10.1. The summed E-state index contributed by atoms with van der Waals surface area (Å²) in [6.45, 7) is 3.39. The van der Waals surface area contributed by atoms with Crippen LogP contribution in [0.15, 0.2) is 36.7 Å². The zero-order chi connectivity index (χ0) is 28.5. The third-order valence-electron chi connectivity index (χ3n) is 7.03. The largest absolute Gasteiger partial charge is 0.480 e. The summed E-state index contributed by atoms with van der Waals surface area (Å²) in [5.41, 5.74) is 1.59. The molecule has 3 N–H and O–H groups in total. The summed E-state index contributed by atoms with van der Waals surface area (Å²) in [7, 11) is 1.63. The quantitative estimate of drug-likeness (QED) is 0.243. The molecule has 0 bridgehead atoms. The summed E-state index contributed by atoms with van der Waals surface area (Å²) >= 11 is 0. The van der Waals surface area contributed by atoms with Crippen LogP contribution in [-0.2, 0) is 28.5 Å². The van der Waals surface area contributed by atoms with Gasteiger partial charge in [-0.25, -0.2) is 19.7 Å². The highest BCUT2D eigenvalue weighted by molar-refractivity contribution is 5.91. The number of benzene rings is 1. The SMILES string of the molecule is COCCN(CCCCc1ccc2c(n1)NCCC2)CC[C@H](Nc1ncnc2cc(C(F)(F)F)ccc12)C(=O)O. The van der Waals surface area contributed by atoms with Gasteiger partial charge in [0.2, 0.25) is 0 Å². The highest BCUT2D eigenvalue weighted by atomic mass is 19.4. The fraction of sp³-hybridized carbons (Fsp3) is 0.500. The highest BCUT2D eigenvalue weighted by Crippen LogP contribution is 2.32. The van der Waals surface area contributed by atoms with E-state index in [1.54, 1.807) is 7.11 Å². The Morgan fingerprint density at radius 2 is 2.02 bits per heavy atom. The van der Waals surface area contributed by atoms with E-state index in [2.05, 4.69) is 37.6 Å². The van der Waals surface area contributed by atoms with E-state index >= 15 is 0 Å². The van der Waals surface area contributed by atoms with Crippen LogP contribution in [-0.4, -0.2) is 76.9 Å². The molecule has 9 nitrogen and oxygen atoms in total. The van der Waals surface area contributed by atoms with Gasteiger partial charge in [0.25, 0.3) is 0 Å². The second-order valence-electron chi connectivity index (χ2n) is 9.91. The molecule has 2 aromatic heterocycles. The van der Waals surface area contributed by atoms with Gasteiger partial charge in [0, 0.05) is 37.8 Å². The molecular formula is C28H35F3N6O3. The second kappa shape index (κ2) is 13.7. The number of methoxy groups -OCH3 is 1. The molecule has 0 radical (unpaired) electrons. The number of ether oxygens (including phenoxy) is 1.